The summed E-state index contributed by atoms with van der Waals surface area (Å²) < 4.78 is 0. The summed E-state index contributed by atoms with van der Waals surface area (Å²) in [6.07, 6.45) is 3.09. The lowest BCUT2D eigenvalue weighted by molar-refractivity contribution is 0.368. The van der Waals surface area contributed by atoms with E-state index in [-0.39, 0.29) is 0 Å². The van der Waals surface area contributed by atoms with Gasteiger partial charge in [-0.15, -0.1) is 0 Å². The third kappa shape index (κ3) is 3.12. The minimum Gasteiger partial charge on any atom is -0.353 e. The van der Waals surface area contributed by atoms with Crippen molar-refractivity contribution in [3.63, 3.8) is 0 Å². The molecule has 0 bridgehead atoms. The van der Waals surface area contributed by atoms with Crippen LogP contribution < -0.4 is 10.2 Å². The van der Waals surface area contributed by atoms with Gasteiger partial charge < -0.3 is 15.1 Å². The molecule has 0 spiro atoms. The maximum atomic E-state index is 4.45. The zero-order chi connectivity index (χ0) is 14.9. The molecule has 0 amide bonds. The summed E-state index contributed by atoms with van der Waals surface area (Å²) in [6.45, 7) is 8.57. The standard InChI is InChI=1S/C16H25N5/c1-16(2)12-13(16)19-15(17-3)21-10-8-20(9-11-21)14-6-4-5-7-18-14/h4-7,13H,8-12H2,1-3H3,(H,17,19). The second-order valence-electron chi connectivity index (χ2n) is 6.60. The Labute approximate surface area is 127 Å². The van der Waals surface area contributed by atoms with Gasteiger partial charge in [0.1, 0.15) is 5.82 Å². The fraction of sp³-hybridized carbons (Fsp3) is 0.625. The first kappa shape index (κ1) is 14.2. The number of aromatic nitrogens is 1. The van der Waals surface area contributed by atoms with Crippen LogP contribution in [0.2, 0.25) is 0 Å². The number of hydrogen-bond acceptors (Lipinski definition) is 3. The van der Waals surface area contributed by atoms with Crippen molar-refractivity contribution in [2.75, 3.05) is 38.1 Å². The van der Waals surface area contributed by atoms with E-state index >= 15 is 0 Å². The molecule has 1 N–H and O–H groups in total. The first-order valence-electron chi connectivity index (χ1n) is 7.74. The Balaban J connectivity index is 1.55. The van der Waals surface area contributed by atoms with E-state index in [9.17, 15) is 0 Å². The summed E-state index contributed by atoms with van der Waals surface area (Å²) in [6, 6.07) is 6.66. The van der Waals surface area contributed by atoms with Gasteiger partial charge in [0, 0.05) is 45.5 Å². The van der Waals surface area contributed by atoms with Crippen LogP contribution in [-0.2, 0) is 0 Å². The van der Waals surface area contributed by atoms with Gasteiger partial charge in [-0.3, -0.25) is 4.99 Å². The molecule has 1 aromatic rings. The average Bonchev–Trinajstić information content (AvgIpc) is 3.13. The molecule has 1 unspecified atom stereocenters. The van der Waals surface area contributed by atoms with Crippen molar-refractivity contribution in [2.24, 2.45) is 10.4 Å². The summed E-state index contributed by atoms with van der Waals surface area (Å²) in [5.74, 6) is 2.12. The highest BCUT2D eigenvalue weighted by atomic mass is 15.4. The Kier molecular flexibility index (Phi) is 3.74. The third-order valence-corrected chi connectivity index (χ3v) is 4.58. The van der Waals surface area contributed by atoms with E-state index in [0.717, 1.165) is 38.0 Å². The van der Waals surface area contributed by atoms with E-state index in [2.05, 4.69) is 45.0 Å². The van der Waals surface area contributed by atoms with Crippen LogP contribution in [0, 0.1) is 5.41 Å². The predicted octanol–water partition coefficient (Wildman–Crippen LogP) is 1.58. The summed E-state index contributed by atoms with van der Waals surface area (Å²) in [4.78, 5) is 13.6. The van der Waals surface area contributed by atoms with Gasteiger partial charge in [-0.05, 0) is 24.0 Å². The Bertz CT molecular complexity index is 503. The highest BCUT2D eigenvalue weighted by molar-refractivity contribution is 5.81. The lowest BCUT2D eigenvalue weighted by Crippen LogP contribution is -2.53. The molecule has 0 radical (unpaired) electrons. The molecule has 1 saturated carbocycles. The van der Waals surface area contributed by atoms with E-state index in [4.69, 9.17) is 0 Å². The van der Waals surface area contributed by atoms with Crippen LogP contribution in [-0.4, -0.2) is 55.1 Å². The molecule has 21 heavy (non-hydrogen) atoms. The summed E-state index contributed by atoms with van der Waals surface area (Å²) in [7, 11) is 1.88. The van der Waals surface area contributed by atoms with Gasteiger partial charge in [0.15, 0.2) is 5.96 Å². The van der Waals surface area contributed by atoms with Gasteiger partial charge >= 0.3 is 0 Å². The average molecular weight is 287 g/mol. The number of nitrogens with one attached hydrogen (secondary N) is 1. The molecule has 2 heterocycles. The summed E-state index contributed by atoms with van der Waals surface area (Å²) in [5, 5.41) is 3.60. The van der Waals surface area contributed by atoms with Crippen LogP contribution in [0.1, 0.15) is 20.3 Å². The Morgan fingerprint density at radius 2 is 2.00 bits per heavy atom. The number of pyridine rings is 1. The fourth-order valence-corrected chi connectivity index (χ4v) is 2.85. The first-order valence-corrected chi connectivity index (χ1v) is 7.74. The topological polar surface area (TPSA) is 43.8 Å². The highest BCUT2D eigenvalue weighted by Gasteiger charge is 2.46. The normalized spacial score (nSPS) is 24.9. The zero-order valence-electron chi connectivity index (χ0n) is 13.2. The quantitative estimate of drug-likeness (QED) is 0.662. The van der Waals surface area contributed by atoms with Gasteiger partial charge in [-0.2, -0.15) is 0 Å². The Morgan fingerprint density at radius 1 is 1.29 bits per heavy atom. The molecule has 1 aliphatic heterocycles. The molecule has 2 fully saturated rings. The van der Waals surface area contributed by atoms with Gasteiger partial charge in [-0.1, -0.05) is 19.9 Å². The lowest BCUT2D eigenvalue weighted by atomic mass is 10.2. The van der Waals surface area contributed by atoms with Crippen molar-refractivity contribution in [1.29, 1.82) is 0 Å². The first-order chi connectivity index (χ1) is 10.1. The zero-order valence-corrected chi connectivity index (χ0v) is 13.2. The molecule has 5 heteroatoms. The minimum absolute atomic E-state index is 0.422. The van der Waals surface area contributed by atoms with Gasteiger partial charge in [0.05, 0.1) is 0 Å². The van der Waals surface area contributed by atoms with Crippen molar-refractivity contribution < 1.29 is 0 Å². The van der Waals surface area contributed by atoms with Crippen LogP contribution in [0.15, 0.2) is 29.4 Å². The van der Waals surface area contributed by atoms with Crippen molar-refractivity contribution in [2.45, 2.75) is 26.3 Å². The van der Waals surface area contributed by atoms with Gasteiger partial charge in [0.2, 0.25) is 0 Å². The van der Waals surface area contributed by atoms with Crippen LogP contribution in [0.4, 0.5) is 5.82 Å². The molecule has 114 valence electrons. The molecule has 1 saturated heterocycles. The maximum absolute atomic E-state index is 4.45. The SMILES string of the molecule is CN=C(NC1CC1(C)C)N1CCN(c2ccccn2)CC1. The van der Waals surface area contributed by atoms with Crippen LogP contribution >= 0.6 is 0 Å². The van der Waals surface area contributed by atoms with Crippen LogP contribution in [0.25, 0.3) is 0 Å². The molecular weight excluding hydrogens is 262 g/mol. The molecule has 5 nitrogen and oxygen atoms in total. The highest BCUT2D eigenvalue weighted by Crippen LogP contribution is 2.44. The van der Waals surface area contributed by atoms with E-state index in [1.165, 1.54) is 6.42 Å². The largest absolute Gasteiger partial charge is 0.353 e. The number of hydrogen-bond donors (Lipinski definition) is 1. The molecule has 2 aliphatic rings. The number of rotatable bonds is 2. The second-order valence-corrected chi connectivity index (χ2v) is 6.60. The van der Waals surface area contributed by atoms with E-state index < -0.39 is 0 Å². The predicted molar refractivity (Wildman–Crippen MR) is 86.7 cm³/mol. The van der Waals surface area contributed by atoms with Crippen molar-refractivity contribution in [3.05, 3.63) is 24.4 Å². The molecular formula is C16H25N5. The Morgan fingerprint density at radius 3 is 2.52 bits per heavy atom. The lowest BCUT2D eigenvalue weighted by Gasteiger charge is -2.37. The number of anilines is 1. The van der Waals surface area contributed by atoms with Gasteiger partial charge in [-0.25, -0.2) is 4.98 Å². The number of aliphatic imine (C=N–C) groups is 1. The number of piperazine rings is 1. The number of nitrogens with zero attached hydrogens (tertiary/aromatic N) is 4. The molecule has 3 rings (SSSR count). The molecule has 0 aromatic carbocycles. The van der Waals surface area contributed by atoms with E-state index in [0.29, 0.717) is 11.5 Å². The summed E-state index contributed by atoms with van der Waals surface area (Å²) in [5.41, 5.74) is 0.422. The van der Waals surface area contributed by atoms with Crippen molar-refractivity contribution in [3.8, 4) is 0 Å². The third-order valence-electron chi connectivity index (χ3n) is 4.58. The van der Waals surface area contributed by atoms with Crippen molar-refractivity contribution >= 4 is 11.8 Å². The summed E-state index contributed by atoms with van der Waals surface area (Å²) >= 11 is 0. The monoisotopic (exact) mass is 287 g/mol. The molecule has 1 atom stereocenters. The number of guanidine groups is 1. The minimum atomic E-state index is 0.422. The fourth-order valence-electron chi connectivity index (χ4n) is 2.85. The van der Waals surface area contributed by atoms with Crippen LogP contribution in [0.5, 0.6) is 0 Å². The molecule has 1 aromatic heterocycles. The van der Waals surface area contributed by atoms with E-state index in [1.54, 1.807) is 0 Å². The Hall–Kier alpha value is -1.78. The van der Waals surface area contributed by atoms with Gasteiger partial charge in [0.25, 0.3) is 0 Å². The smallest absolute Gasteiger partial charge is 0.194 e. The van der Waals surface area contributed by atoms with E-state index in [1.807, 2.05) is 25.4 Å². The molecule has 1 aliphatic carbocycles. The van der Waals surface area contributed by atoms with Crippen molar-refractivity contribution in [1.82, 2.24) is 15.2 Å². The maximum Gasteiger partial charge on any atom is 0.194 e. The van der Waals surface area contributed by atoms with Crippen LogP contribution in [0.3, 0.4) is 0 Å². The second kappa shape index (κ2) is 5.54.